The molecule has 0 amide bonds. The quantitative estimate of drug-likeness (QED) is 0.902. The van der Waals surface area contributed by atoms with Crippen molar-refractivity contribution in [1.82, 2.24) is 9.78 Å². The molecule has 0 aromatic carbocycles. The van der Waals surface area contributed by atoms with Crippen LogP contribution in [-0.4, -0.2) is 28.6 Å². The molecule has 2 rings (SSSR count). The van der Waals surface area contributed by atoms with Crippen molar-refractivity contribution in [1.29, 1.82) is 0 Å². The number of rotatable bonds is 5. The molecule has 1 atom stereocenters. The van der Waals surface area contributed by atoms with Gasteiger partial charge in [-0.25, -0.2) is 0 Å². The second kappa shape index (κ2) is 6.37. The van der Waals surface area contributed by atoms with Gasteiger partial charge in [0.05, 0.1) is 29.5 Å². The van der Waals surface area contributed by atoms with E-state index in [4.69, 9.17) is 4.74 Å². The molecule has 4 nitrogen and oxygen atoms in total. The minimum atomic E-state index is -0.830. The fourth-order valence-corrected chi connectivity index (χ4v) is 3.77. The van der Waals surface area contributed by atoms with Crippen molar-refractivity contribution in [2.45, 2.75) is 51.2 Å². The minimum absolute atomic E-state index is 0.315. The maximum atomic E-state index is 11.0. The molecule has 108 valence electrons. The standard InChI is InChI=1S/C14H23BrN2O2/c1-14(18,11-6-4-3-5-7-11)13-12(15)10-16-17(13)8-9-19-2/h10-11,18H,3-9H2,1-2H3. The Morgan fingerprint density at radius 2 is 2.16 bits per heavy atom. The first-order chi connectivity index (χ1) is 9.07. The van der Waals surface area contributed by atoms with Crippen LogP contribution in [0.5, 0.6) is 0 Å². The Kier molecular flexibility index (Phi) is 5.03. The third-order valence-corrected chi connectivity index (χ3v) is 4.76. The van der Waals surface area contributed by atoms with Gasteiger partial charge in [0.2, 0.25) is 0 Å². The molecule has 19 heavy (non-hydrogen) atoms. The van der Waals surface area contributed by atoms with E-state index in [1.165, 1.54) is 19.3 Å². The lowest BCUT2D eigenvalue weighted by molar-refractivity contribution is -0.0302. The van der Waals surface area contributed by atoms with Crippen molar-refractivity contribution in [2.75, 3.05) is 13.7 Å². The molecule has 1 aliphatic carbocycles. The molecule has 0 aliphatic heterocycles. The maximum absolute atomic E-state index is 11.0. The molecule has 1 aromatic heterocycles. The molecule has 0 saturated heterocycles. The van der Waals surface area contributed by atoms with Crippen LogP contribution < -0.4 is 0 Å². The van der Waals surface area contributed by atoms with E-state index in [2.05, 4.69) is 21.0 Å². The van der Waals surface area contributed by atoms with Gasteiger partial charge < -0.3 is 9.84 Å². The molecule has 0 spiro atoms. The normalized spacial score (nSPS) is 20.4. The molecule has 1 unspecified atom stereocenters. The largest absolute Gasteiger partial charge is 0.384 e. The zero-order valence-corrected chi connectivity index (χ0v) is 13.3. The lowest BCUT2D eigenvalue weighted by Gasteiger charge is -2.36. The molecule has 1 heterocycles. The van der Waals surface area contributed by atoms with E-state index in [-0.39, 0.29) is 0 Å². The summed E-state index contributed by atoms with van der Waals surface area (Å²) in [4.78, 5) is 0. The van der Waals surface area contributed by atoms with E-state index < -0.39 is 5.60 Å². The Morgan fingerprint density at radius 1 is 1.47 bits per heavy atom. The number of ether oxygens (including phenoxy) is 1. The third kappa shape index (κ3) is 3.20. The summed E-state index contributed by atoms with van der Waals surface area (Å²) in [7, 11) is 1.68. The zero-order chi connectivity index (χ0) is 13.9. The topological polar surface area (TPSA) is 47.3 Å². The van der Waals surface area contributed by atoms with Gasteiger partial charge in [0, 0.05) is 7.11 Å². The fourth-order valence-electron chi connectivity index (χ4n) is 3.07. The minimum Gasteiger partial charge on any atom is -0.384 e. The average Bonchev–Trinajstić information content (AvgIpc) is 2.79. The molecule has 1 aromatic rings. The molecule has 5 heteroatoms. The summed E-state index contributed by atoms with van der Waals surface area (Å²) < 4.78 is 7.86. The summed E-state index contributed by atoms with van der Waals surface area (Å²) in [6.07, 6.45) is 7.66. The zero-order valence-electron chi connectivity index (χ0n) is 11.7. The van der Waals surface area contributed by atoms with Crippen molar-refractivity contribution < 1.29 is 9.84 Å². The first kappa shape index (κ1) is 15.0. The van der Waals surface area contributed by atoms with Gasteiger partial charge in [0.25, 0.3) is 0 Å². The van der Waals surface area contributed by atoms with E-state index in [0.717, 1.165) is 23.0 Å². The molecule has 1 fully saturated rings. The first-order valence-electron chi connectivity index (χ1n) is 7.00. The van der Waals surface area contributed by atoms with Crippen LogP contribution in [0.15, 0.2) is 10.7 Å². The SMILES string of the molecule is COCCn1ncc(Br)c1C(C)(O)C1CCCCC1. The van der Waals surface area contributed by atoms with Crippen molar-refractivity contribution in [3.63, 3.8) is 0 Å². The highest BCUT2D eigenvalue weighted by Gasteiger charge is 2.38. The number of halogens is 1. The number of aliphatic hydroxyl groups is 1. The van der Waals surface area contributed by atoms with Gasteiger partial charge in [-0.15, -0.1) is 0 Å². The number of hydrogen-bond donors (Lipinski definition) is 1. The summed E-state index contributed by atoms with van der Waals surface area (Å²) in [5, 5.41) is 15.4. The lowest BCUT2D eigenvalue weighted by atomic mass is 9.76. The Hall–Kier alpha value is -0.390. The second-order valence-corrected chi connectivity index (χ2v) is 6.39. The Morgan fingerprint density at radius 3 is 2.79 bits per heavy atom. The lowest BCUT2D eigenvalue weighted by Crippen LogP contribution is -2.36. The Bertz CT molecular complexity index is 412. The van der Waals surface area contributed by atoms with Crippen LogP contribution in [0.3, 0.4) is 0 Å². The van der Waals surface area contributed by atoms with E-state index >= 15 is 0 Å². The number of aromatic nitrogens is 2. The van der Waals surface area contributed by atoms with Gasteiger partial charge in [0.1, 0.15) is 5.60 Å². The highest BCUT2D eigenvalue weighted by Crippen LogP contribution is 2.41. The molecule has 1 aliphatic rings. The molecule has 0 radical (unpaired) electrons. The Balaban J connectivity index is 2.24. The van der Waals surface area contributed by atoms with Crippen LogP contribution in [0.25, 0.3) is 0 Å². The number of nitrogens with zero attached hydrogens (tertiary/aromatic N) is 2. The third-order valence-electron chi connectivity index (χ3n) is 4.18. The first-order valence-corrected chi connectivity index (χ1v) is 7.79. The van der Waals surface area contributed by atoms with E-state index in [1.807, 2.05) is 11.6 Å². The summed E-state index contributed by atoms with van der Waals surface area (Å²) in [5.74, 6) is 0.315. The summed E-state index contributed by atoms with van der Waals surface area (Å²) in [6.45, 7) is 3.19. The smallest absolute Gasteiger partial charge is 0.107 e. The van der Waals surface area contributed by atoms with E-state index in [0.29, 0.717) is 19.1 Å². The van der Waals surface area contributed by atoms with Crippen LogP contribution in [-0.2, 0) is 16.9 Å². The summed E-state index contributed by atoms with van der Waals surface area (Å²) >= 11 is 3.53. The van der Waals surface area contributed by atoms with Gasteiger partial charge >= 0.3 is 0 Å². The van der Waals surface area contributed by atoms with Crippen LogP contribution in [0.1, 0.15) is 44.7 Å². The molecule has 0 bridgehead atoms. The molecular weight excluding hydrogens is 308 g/mol. The van der Waals surface area contributed by atoms with Gasteiger partial charge in [-0.1, -0.05) is 19.3 Å². The predicted octanol–water partition coefficient (Wildman–Crippen LogP) is 3.08. The number of hydrogen-bond acceptors (Lipinski definition) is 3. The summed E-state index contributed by atoms with van der Waals surface area (Å²) in [5.41, 5.74) is 0.0557. The van der Waals surface area contributed by atoms with Gasteiger partial charge in [0.15, 0.2) is 0 Å². The average molecular weight is 331 g/mol. The highest BCUT2D eigenvalue weighted by atomic mass is 79.9. The maximum Gasteiger partial charge on any atom is 0.107 e. The highest BCUT2D eigenvalue weighted by molar-refractivity contribution is 9.10. The fraction of sp³-hybridized carbons (Fsp3) is 0.786. The van der Waals surface area contributed by atoms with E-state index in [9.17, 15) is 5.11 Å². The molecule has 1 saturated carbocycles. The van der Waals surface area contributed by atoms with Crippen molar-refractivity contribution >= 4 is 15.9 Å². The number of methoxy groups -OCH3 is 1. The monoisotopic (exact) mass is 330 g/mol. The Labute approximate surface area is 123 Å². The van der Waals surface area contributed by atoms with Crippen molar-refractivity contribution in [3.05, 3.63) is 16.4 Å². The second-order valence-electron chi connectivity index (χ2n) is 5.54. The van der Waals surface area contributed by atoms with Crippen molar-refractivity contribution in [2.24, 2.45) is 5.92 Å². The molecular formula is C14H23BrN2O2. The van der Waals surface area contributed by atoms with Gasteiger partial charge in [-0.3, -0.25) is 4.68 Å². The predicted molar refractivity (Wildman–Crippen MR) is 77.9 cm³/mol. The van der Waals surface area contributed by atoms with E-state index in [1.54, 1.807) is 13.3 Å². The summed E-state index contributed by atoms with van der Waals surface area (Å²) in [6, 6.07) is 0. The van der Waals surface area contributed by atoms with Crippen LogP contribution in [0.2, 0.25) is 0 Å². The van der Waals surface area contributed by atoms with Gasteiger partial charge in [-0.2, -0.15) is 5.10 Å². The molecule has 1 N–H and O–H groups in total. The van der Waals surface area contributed by atoms with Gasteiger partial charge in [-0.05, 0) is 41.6 Å². The van der Waals surface area contributed by atoms with Crippen LogP contribution >= 0.6 is 15.9 Å². The van der Waals surface area contributed by atoms with Crippen LogP contribution in [0.4, 0.5) is 0 Å². The van der Waals surface area contributed by atoms with Crippen LogP contribution in [0, 0.1) is 5.92 Å². The van der Waals surface area contributed by atoms with Crippen molar-refractivity contribution in [3.8, 4) is 0 Å².